The van der Waals surface area contributed by atoms with Gasteiger partial charge in [0.15, 0.2) is 0 Å². The first kappa shape index (κ1) is 24.5. The second kappa shape index (κ2) is 12.8. The van der Waals surface area contributed by atoms with Gasteiger partial charge in [0.2, 0.25) is 0 Å². The average molecular weight is 414 g/mol. The molecule has 0 heterocycles. The minimum absolute atomic E-state index is 0.736. The standard InChI is InChI=1S/C15H19N.C15H20/c1-5-13(3)16-14(4)8-11-15-9-6-12(2)7-10-15;1-12-8-6-7-11-15(12)13(2)14-9-4-3-5-10-14/h5-7,9-10,16H,1,3-4,8,11H2,2H3;6-8,11,14H,2-5,9-10H2,1H3. The first-order valence-electron chi connectivity index (χ1n) is 11.5. The van der Waals surface area contributed by atoms with Gasteiger partial charge in [-0.25, -0.2) is 0 Å². The van der Waals surface area contributed by atoms with Crippen LogP contribution in [0.25, 0.3) is 5.57 Å². The van der Waals surface area contributed by atoms with Gasteiger partial charge < -0.3 is 5.32 Å². The third kappa shape index (κ3) is 8.45. The van der Waals surface area contributed by atoms with Crippen LogP contribution >= 0.6 is 0 Å². The van der Waals surface area contributed by atoms with Crippen LogP contribution in [0, 0.1) is 19.8 Å². The molecule has 1 heteroatoms. The van der Waals surface area contributed by atoms with Crippen LogP contribution < -0.4 is 5.32 Å². The molecule has 1 aliphatic carbocycles. The Labute approximate surface area is 190 Å². The molecule has 0 unspecified atom stereocenters. The van der Waals surface area contributed by atoms with E-state index in [1.807, 2.05) is 0 Å². The molecule has 0 spiro atoms. The Kier molecular flexibility index (Phi) is 10.1. The van der Waals surface area contributed by atoms with E-state index >= 15 is 0 Å². The van der Waals surface area contributed by atoms with E-state index in [9.17, 15) is 0 Å². The summed E-state index contributed by atoms with van der Waals surface area (Å²) < 4.78 is 0. The largest absolute Gasteiger partial charge is 0.360 e. The highest BCUT2D eigenvalue weighted by atomic mass is 14.9. The van der Waals surface area contributed by atoms with E-state index in [0.29, 0.717) is 0 Å². The Morgan fingerprint density at radius 1 is 0.935 bits per heavy atom. The van der Waals surface area contributed by atoms with E-state index in [0.717, 1.165) is 30.2 Å². The van der Waals surface area contributed by atoms with E-state index in [2.05, 4.69) is 94.0 Å². The number of hydrogen-bond donors (Lipinski definition) is 1. The fourth-order valence-electron chi connectivity index (χ4n) is 3.99. The molecule has 0 aliphatic heterocycles. The summed E-state index contributed by atoms with van der Waals surface area (Å²) in [7, 11) is 0. The summed E-state index contributed by atoms with van der Waals surface area (Å²) in [5, 5.41) is 3.10. The lowest BCUT2D eigenvalue weighted by atomic mass is 9.81. The van der Waals surface area contributed by atoms with E-state index in [1.54, 1.807) is 6.08 Å². The van der Waals surface area contributed by atoms with Gasteiger partial charge in [0.1, 0.15) is 0 Å². The molecule has 1 N–H and O–H groups in total. The van der Waals surface area contributed by atoms with Crippen molar-refractivity contribution in [1.29, 1.82) is 0 Å². The highest BCUT2D eigenvalue weighted by molar-refractivity contribution is 5.67. The quantitative estimate of drug-likeness (QED) is 0.429. The van der Waals surface area contributed by atoms with Crippen molar-refractivity contribution < 1.29 is 0 Å². The average Bonchev–Trinajstić information content (AvgIpc) is 2.79. The van der Waals surface area contributed by atoms with Crippen molar-refractivity contribution in [1.82, 2.24) is 5.32 Å². The summed E-state index contributed by atoms with van der Waals surface area (Å²) >= 11 is 0. The Morgan fingerprint density at radius 3 is 2.19 bits per heavy atom. The monoisotopic (exact) mass is 413 g/mol. The predicted molar refractivity (Wildman–Crippen MR) is 138 cm³/mol. The number of allylic oxidation sites excluding steroid dienone is 3. The number of rotatable bonds is 8. The lowest BCUT2D eigenvalue weighted by Gasteiger charge is -2.24. The molecule has 1 saturated carbocycles. The number of hydrogen-bond acceptors (Lipinski definition) is 1. The lowest BCUT2D eigenvalue weighted by Crippen LogP contribution is -2.09. The molecular weight excluding hydrogens is 374 g/mol. The zero-order valence-corrected chi connectivity index (χ0v) is 19.6. The molecule has 31 heavy (non-hydrogen) atoms. The normalized spacial score (nSPS) is 13.5. The van der Waals surface area contributed by atoms with Crippen molar-refractivity contribution in [2.75, 3.05) is 0 Å². The van der Waals surface area contributed by atoms with Gasteiger partial charge in [-0.1, -0.05) is 99.7 Å². The van der Waals surface area contributed by atoms with Gasteiger partial charge in [-0.05, 0) is 73.8 Å². The van der Waals surface area contributed by atoms with Gasteiger partial charge in [0.25, 0.3) is 0 Å². The molecule has 0 amide bonds. The van der Waals surface area contributed by atoms with Gasteiger partial charge >= 0.3 is 0 Å². The van der Waals surface area contributed by atoms with Crippen LogP contribution in [-0.2, 0) is 6.42 Å². The van der Waals surface area contributed by atoms with Gasteiger partial charge in [0, 0.05) is 11.4 Å². The second-order valence-electron chi connectivity index (χ2n) is 8.62. The first-order valence-corrected chi connectivity index (χ1v) is 11.5. The van der Waals surface area contributed by atoms with Crippen LogP contribution in [0.5, 0.6) is 0 Å². The minimum Gasteiger partial charge on any atom is -0.360 e. The maximum atomic E-state index is 4.31. The van der Waals surface area contributed by atoms with Crippen LogP contribution in [0.4, 0.5) is 0 Å². The Balaban J connectivity index is 0.000000220. The molecule has 164 valence electrons. The molecule has 2 aromatic carbocycles. The topological polar surface area (TPSA) is 12.0 Å². The van der Waals surface area contributed by atoms with E-state index in [4.69, 9.17) is 0 Å². The SMILES string of the molecule is C=C(c1ccccc1C)C1CCCCC1.C=CC(=C)NC(=C)CCc1ccc(C)cc1. The summed E-state index contributed by atoms with van der Waals surface area (Å²) in [6, 6.07) is 17.2. The highest BCUT2D eigenvalue weighted by Gasteiger charge is 2.18. The van der Waals surface area contributed by atoms with Crippen molar-refractivity contribution in [3.05, 3.63) is 115 Å². The zero-order valence-electron chi connectivity index (χ0n) is 19.6. The van der Waals surface area contributed by atoms with E-state index in [-0.39, 0.29) is 0 Å². The second-order valence-corrected chi connectivity index (χ2v) is 8.62. The molecule has 1 fully saturated rings. The smallest absolute Gasteiger partial charge is 0.0302 e. The van der Waals surface area contributed by atoms with Crippen molar-refractivity contribution in [2.45, 2.75) is 58.8 Å². The predicted octanol–water partition coefficient (Wildman–Crippen LogP) is 8.32. The van der Waals surface area contributed by atoms with E-state index < -0.39 is 0 Å². The summed E-state index contributed by atoms with van der Waals surface area (Å²) in [5.74, 6) is 0.736. The Bertz CT molecular complexity index is 879. The molecule has 1 nitrogen and oxygen atoms in total. The van der Waals surface area contributed by atoms with E-state index in [1.165, 1.54) is 59.9 Å². The van der Waals surface area contributed by atoms with Crippen LogP contribution in [0.2, 0.25) is 0 Å². The van der Waals surface area contributed by atoms with Crippen molar-refractivity contribution in [2.24, 2.45) is 5.92 Å². The molecule has 2 aromatic rings. The fraction of sp³-hybridized carbons (Fsp3) is 0.333. The van der Waals surface area contributed by atoms with Crippen molar-refractivity contribution in [3.63, 3.8) is 0 Å². The minimum atomic E-state index is 0.736. The molecule has 0 bridgehead atoms. The molecule has 0 atom stereocenters. The van der Waals surface area contributed by atoms with Gasteiger partial charge in [-0.3, -0.25) is 0 Å². The van der Waals surface area contributed by atoms with Gasteiger partial charge in [0.05, 0.1) is 0 Å². The lowest BCUT2D eigenvalue weighted by molar-refractivity contribution is 0.430. The maximum Gasteiger partial charge on any atom is 0.0302 e. The van der Waals surface area contributed by atoms with Crippen LogP contribution in [0.3, 0.4) is 0 Å². The van der Waals surface area contributed by atoms with Crippen LogP contribution in [-0.4, -0.2) is 0 Å². The Morgan fingerprint density at radius 2 is 1.58 bits per heavy atom. The van der Waals surface area contributed by atoms with Crippen molar-refractivity contribution >= 4 is 5.57 Å². The molecule has 1 aliphatic rings. The Hall–Kier alpha value is -2.80. The molecule has 3 rings (SSSR count). The summed E-state index contributed by atoms with van der Waals surface area (Å²) in [6.07, 6.45) is 10.5. The van der Waals surface area contributed by atoms with Crippen LogP contribution in [0.15, 0.2) is 92.3 Å². The first-order chi connectivity index (χ1) is 14.9. The molecule has 0 radical (unpaired) electrons. The third-order valence-corrected chi connectivity index (χ3v) is 6.01. The van der Waals surface area contributed by atoms with Gasteiger partial charge in [-0.2, -0.15) is 0 Å². The van der Waals surface area contributed by atoms with Crippen molar-refractivity contribution in [3.8, 4) is 0 Å². The maximum absolute atomic E-state index is 4.31. The molecule has 0 saturated heterocycles. The highest BCUT2D eigenvalue weighted by Crippen LogP contribution is 2.35. The number of aryl methyl sites for hydroxylation is 3. The zero-order chi connectivity index (χ0) is 22.6. The van der Waals surface area contributed by atoms with Gasteiger partial charge in [-0.15, -0.1) is 0 Å². The summed E-state index contributed by atoms with van der Waals surface area (Å²) in [6.45, 7) is 20.0. The molecule has 0 aromatic heterocycles. The third-order valence-electron chi connectivity index (χ3n) is 6.01. The fourth-order valence-corrected chi connectivity index (χ4v) is 3.99. The number of nitrogens with one attached hydrogen (secondary N) is 1. The number of benzene rings is 2. The summed E-state index contributed by atoms with van der Waals surface area (Å²) in [5.41, 5.74) is 8.52. The molecular formula is C30H39N. The summed E-state index contributed by atoms with van der Waals surface area (Å²) in [4.78, 5) is 0. The van der Waals surface area contributed by atoms with Crippen LogP contribution in [0.1, 0.15) is 60.8 Å².